The fourth-order valence-electron chi connectivity index (χ4n) is 4.80. The monoisotopic (exact) mass is 393 g/mol. The largest absolute Gasteiger partial charge is 0.494 e. The number of hydrogen-bond donors (Lipinski definition) is 0. The fourth-order valence-corrected chi connectivity index (χ4v) is 4.80. The number of rotatable bonds is 3. The van der Waals surface area contributed by atoms with Crippen molar-refractivity contribution in [2.45, 2.75) is 12.5 Å². The Bertz CT molecular complexity index is 1140. The third kappa shape index (κ3) is 3.08. The number of anilines is 1. The second-order valence-corrected chi connectivity index (χ2v) is 8.12. The van der Waals surface area contributed by atoms with E-state index in [1.807, 2.05) is 18.3 Å². The van der Waals surface area contributed by atoms with Gasteiger partial charge in [0.05, 0.1) is 12.8 Å². The summed E-state index contributed by atoms with van der Waals surface area (Å²) >= 11 is 0. The number of benzene rings is 1. The van der Waals surface area contributed by atoms with E-state index in [1.165, 1.54) is 26.1 Å². The van der Waals surface area contributed by atoms with Gasteiger partial charge in [0, 0.05) is 36.9 Å². The van der Waals surface area contributed by atoms with Crippen LogP contribution in [-0.4, -0.2) is 49.1 Å². The maximum Gasteiger partial charge on any atom is 0.255 e. The quantitative estimate of drug-likeness (QED) is 0.685. The number of ether oxygens (including phenoxy) is 1. The van der Waals surface area contributed by atoms with Gasteiger partial charge in [-0.3, -0.25) is 9.20 Å². The van der Waals surface area contributed by atoms with Crippen molar-refractivity contribution in [1.29, 1.82) is 0 Å². The van der Waals surface area contributed by atoms with E-state index >= 15 is 0 Å². The van der Waals surface area contributed by atoms with Crippen molar-refractivity contribution in [3.05, 3.63) is 64.8 Å². The zero-order valence-electron chi connectivity index (χ0n) is 16.6. The molecular formula is C23H24FN3O2. The van der Waals surface area contributed by atoms with Crippen molar-refractivity contribution < 1.29 is 9.13 Å². The summed E-state index contributed by atoms with van der Waals surface area (Å²) in [6, 6.07) is 12.9. The Kier molecular flexibility index (Phi) is 4.32. The van der Waals surface area contributed by atoms with Crippen LogP contribution in [0.2, 0.25) is 0 Å². The molecule has 2 saturated heterocycles. The van der Waals surface area contributed by atoms with Gasteiger partial charge in [0.1, 0.15) is 0 Å². The van der Waals surface area contributed by atoms with Gasteiger partial charge in [-0.1, -0.05) is 6.07 Å². The smallest absolute Gasteiger partial charge is 0.255 e. The van der Waals surface area contributed by atoms with Crippen LogP contribution in [0.1, 0.15) is 6.42 Å². The topological polar surface area (TPSA) is 37.2 Å². The molecule has 2 aliphatic rings. The highest BCUT2D eigenvalue weighted by Crippen LogP contribution is 2.33. The molecule has 6 heteroatoms. The van der Waals surface area contributed by atoms with E-state index < -0.39 is 5.82 Å². The lowest BCUT2D eigenvalue weighted by Gasteiger charge is -2.22. The molecule has 3 aromatic rings. The van der Waals surface area contributed by atoms with Crippen LogP contribution >= 0.6 is 0 Å². The van der Waals surface area contributed by atoms with Crippen LogP contribution in [0.5, 0.6) is 5.75 Å². The minimum Gasteiger partial charge on any atom is -0.494 e. The number of methoxy groups -OCH3 is 1. The number of likely N-dealkylation sites (tertiary alicyclic amines) is 1. The molecular weight excluding hydrogens is 369 g/mol. The lowest BCUT2D eigenvalue weighted by Crippen LogP contribution is -2.32. The van der Waals surface area contributed by atoms with Crippen molar-refractivity contribution in [3.63, 3.8) is 0 Å². The van der Waals surface area contributed by atoms with Crippen LogP contribution < -0.4 is 15.2 Å². The first-order valence-electron chi connectivity index (χ1n) is 9.99. The Hall–Kier alpha value is -2.86. The molecule has 0 saturated carbocycles. The second-order valence-electron chi connectivity index (χ2n) is 8.12. The number of hydrogen-bond acceptors (Lipinski definition) is 4. The van der Waals surface area contributed by atoms with E-state index in [0.717, 1.165) is 24.3 Å². The molecule has 0 radical (unpaired) electrons. The summed E-state index contributed by atoms with van der Waals surface area (Å²) in [6.07, 6.45) is 3.17. The molecule has 2 atom stereocenters. The van der Waals surface area contributed by atoms with Crippen LogP contribution in [0, 0.1) is 11.7 Å². The Morgan fingerprint density at radius 2 is 1.93 bits per heavy atom. The van der Waals surface area contributed by atoms with Gasteiger partial charge in [-0.15, -0.1) is 0 Å². The van der Waals surface area contributed by atoms with Crippen molar-refractivity contribution in [1.82, 2.24) is 9.30 Å². The Morgan fingerprint density at radius 3 is 2.69 bits per heavy atom. The highest BCUT2D eigenvalue weighted by Gasteiger charge is 2.39. The van der Waals surface area contributed by atoms with Crippen molar-refractivity contribution in [2.75, 3.05) is 38.7 Å². The minimum absolute atomic E-state index is 0.118. The zero-order valence-corrected chi connectivity index (χ0v) is 16.6. The molecule has 2 aliphatic heterocycles. The third-order valence-electron chi connectivity index (χ3n) is 6.46. The first-order chi connectivity index (χ1) is 14.0. The van der Waals surface area contributed by atoms with Gasteiger partial charge < -0.3 is 14.5 Å². The van der Waals surface area contributed by atoms with Crippen LogP contribution in [0.25, 0.3) is 16.6 Å². The highest BCUT2D eigenvalue weighted by molar-refractivity contribution is 5.70. The lowest BCUT2D eigenvalue weighted by molar-refractivity contribution is 0.310. The molecule has 4 heterocycles. The Morgan fingerprint density at radius 1 is 1.07 bits per heavy atom. The van der Waals surface area contributed by atoms with E-state index in [9.17, 15) is 9.18 Å². The van der Waals surface area contributed by atoms with Gasteiger partial charge in [-0.25, -0.2) is 4.39 Å². The highest BCUT2D eigenvalue weighted by atomic mass is 19.1. The number of halogens is 1. The molecule has 5 rings (SSSR count). The summed E-state index contributed by atoms with van der Waals surface area (Å²) in [4.78, 5) is 17.6. The molecule has 2 fully saturated rings. The number of pyridine rings is 2. The average Bonchev–Trinajstić information content (AvgIpc) is 3.30. The minimum atomic E-state index is -0.440. The summed E-state index contributed by atoms with van der Waals surface area (Å²) in [6.45, 7) is 3.22. The van der Waals surface area contributed by atoms with Crippen molar-refractivity contribution >= 4 is 11.2 Å². The van der Waals surface area contributed by atoms with Crippen LogP contribution in [-0.2, 0) is 0 Å². The summed E-state index contributed by atoms with van der Waals surface area (Å²) in [5, 5.41) is 0. The maximum absolute atomic E-state index is 14.1. The molecule has 5 nitrogen and oxygen atoms in total. The zero-order chi connectivity index (χ0) is 20.1. The SMILES string of the molecule is COc1ccc(-c2cc(=O)n3cc(N4C[C@H]5CCN(C)[C@H]5C4)ccc3c2)cc1F. The molecule has 0 spiro atoms. The summed E-state index contributed by atoms with van der Waals surface area (Å²) < 4.78 is 20.7. The molecule has 29 heavy (non-hydrogen) atoms. The normalized spacial score (nSPS) is 21.7. The van der Waals surface area contributed by atoms with E-state index in [0.29, 0.717) is 23.1 Å². The Balaban J connectivity index is 1.49. The van der Waals surface area contributed by atoms with Crippen LogP contribution in [0.4, 0.5) is 10.1 Å². The Labute approximate surface area is 168 Å². The van der Waals surface area contributed by atoms with Gasteiger partial charge in [0.25, 0.3) is 5.56 Å². The summed E-state index contributed by atoms with van der Waals surface area (Å²) in [7, 11) is 3.63. The van der Waals surface area contributed by atoms with Crippen LogP contribution in [0.15, 0.2) is 53.5 Å². The number of aromatic nitrogens is 1. The first kappa shape index (κ1) is 18.2. The average molecular weight is 393 g/mol. The van der Waals surface area contributed by atoms with E-state index in [1.54, 1.807) is 22.6 Å². The molecule has 1 aromatic carbocycles. The molecule has 0 bridgehead atoms. The predicted molar refractivity (Wildman–Crippen MR) is 112 cm³/mol. The van der Waals surface area contributed by atoms with Crippen molar-refractivity contribution in [2.24, 2.45) is 5.92 Å². The number of likely N-dealkylation sites (N-methyl/N-ethyl adjacent to an activating group) is 1. The third-order valence-corrected chi connectivity index (χ3v) is 6.46. The molecule has 0 amide bonds. The van der Waals surface area contributed by atoms with E-state index in [-0.39, 0.29) is 11.3 Å². The molecule has 0 aliphatic carbocycles. The fraction of sp³-hybridized carbons (Fsp3) is 0.348. The van der Waals surface area contributed by atoms with Crippen LogP contribution in [0.3, 0.4) is 0 Å². The van der Waals surface area contributed by atoms with Gasteiger partial charge >= 0.3 is 0 Å². The summed E-state index contributed by atoms with van der Waals surface area (Å²) in [5.41, 5.74) is 3.10. The van der Waals surface area contributed by atoms with E-state index in [2.05, 4.69) is 22.9 Å². The standard InChI is InChI=1S/C23H24FN3O2/c1-25-8-7-16-12-26(14-21(16)25)19-5-4-18-9-17(11-23(28)27(18)13-19)15-3-6-22(29-2)20(24)10-15/h3-6,9-11,13,16,21H,7-8,12,14H2,1-2H3/t16-,21+/m1/s1. The second kappa shape index (κ2) is 6.88. The van der Waals surface area contributed by atoms with Gasteiger partial charge in [0.2, 0.25) is 0 Å². The lowest BCUT2D eigenvalue weighted by atomic mass is 10.1. The summed E-state index contributed by atoms with van der Waals surface area (Å²) in [5.74, 6) is 0.460. The van der Waals surface area contributed by atoms with Crippen molar-refractivity contribution in [3.8, 4) is 16.9 Å². The van der Waals surface area contributed by atoms with Gasteiger partial charge in [-0.05, 0) is 67.4 Å². The first-order valence-corrected chi connectivity index (χ1v) is 9.99. The molecule has 0 unspecified atom stereocenters. The molecule has 2 aromatic heterocycles. The van der Waals surface area contributed by atoms with E-state index in [4.69, 9.17) is 4.74 Å². The molecule has 150 valence electrons. The van der Waals surface area contributed by atoms with Gasteiger partial charge in [-0.2, -0.15) is 0 Å². The molecule has 0 N–H and O–H groups in total. The van der Waals surface area contributed by atoms with Gasteiger partial charge in [0.15, 0.2) is 11.6 Å². The predicted octanol–water partition coefficient (Wildman–Crippen LogP) is 3.25. The maximum atomic E-state index is 14.1. The number of fused-ring (bicyclic) bond motifs is 2. The number of nitrogens with zero attached hydrogens (tertiary/aromatic N) is 3.